The minimum atomic E-state index is -0.232. The van der Waals surface area contributed by atoms with Crippen molar-refractivity contribution in [3.8, 4) is 5.75 Å². The maximum Gasteiger partial charge on any atom is 0.271 e. The number of amides is 1. The smallest absolute Gasteiger partial charge is 0.271 e. The van der Waals surface area contributed by atoms with E-state index in [-0.39, 0.29) is 5.91 Å². The molecule has 4 aromatic rings. The first-order valence-electron chi connectivity index (χ1n) is 10.5. The van der Waals surface area contributed by atoms with E-state index in [1.165, 1.54) is 0 Å². The Hall–Kier alpha value is -4.18. The lowest BCUT2D eigenvalue weighted by Crippen LogP contribution is -2.19. The van der Waals surface area contributed by atoms with Crippen molar-refractivity contribution in [2.24, 2.45) is 5.10 Å². The molecule has 0 atom stereocenters. The van der Waals surface area contributed by atoms with E-state index in [2.05, 4.69) is 22.7 Å². The molecule has 0 aliphatic rings. The van der Waals surface area contributed by atoms with E-state index in [4.69, 9.17) is 4.74 Å². The van der Waals surface area contributed by atoms with Crippen molar-refractivity contribution >= 4 is 12.1 Å². The molecule has 0 saturated heterocycles. The molecule has 4 heteroatoms. The number of carbonyl (C=O) groups excluding carboxylic acids is 1. The van der Waals surface area contributed by atoms with Crippen LogP contribution in [0.4, 0.5) is 0 Å². The summed E-state index contributed by atoms with van der Waals surface area (Å²) in [5.41, 5.74) is 7.32. The van der Waals surface area contributed by atoms with Gasteiger partial charge < -0.3 is 4.74 Å². The van der Waals surface area contributed by atoms with Gasteiger partial charge in [0.1, 0.15) is 12.4 Å². The third kappa shape index (κ3) is 5.92. The normalized spacial score (nSPS) is 10.8. The first kappa shape index (κ1) is 21.1. The van der Waals surface area contributed by atoms with Crippen LogP contribution in [0.2, 0.25) is 0 Å². The highest BCUT2D eigenvalue weighted by Gasteiger charge is 2.10. The van der Waals surface area contributed by atoms with Gasteiger partial charge in [0.25, 0.3) is 5.91 Å². The molecule has 0 unspecified atom stereocenters. The van der Waals surface area contributed by atoms with Crippen molar-refractivity contribution in [1.29, 1.82) is 0 Å². The van der Waals surface area contributed by atoms with Gasteiger partial charge in [-0.3, -0.25) is 4.79 Å². The van der Waals surface area contributed by atoms with Gasteiger partial charge in [0.15, 0.2) is 0 Å². The number of rotatable bonds is 8. The number of hydrogen-bond acceptors (Lipinski definition) is 3. The molecular weight excluding hydrogens is 396 g/mol. The van der Waals surface area contributed by atoms with E-state index in [1.807, 2.05) is 97.1 Å². The average Bonchev–Trinajstić information content (AvgIpc) is 2.85. The van der Waals surface area contributed by atoms with Crippen molar-refractivity contribution in [3.63, 3.8) is 0 Å². The fourth-order valence-corrected chi connectivity index (χ4v) is 3.36. The Morgan fingerprint density at radius 3 is 2.25 bits per heavy atom. The molecular formula is C28H24N2O2. The second kappa shape index (κ2) is 10.7. The predicted molar refractivity (Wildman–Crippen MR) is 128 cm³/mol. The van der Waals surface area contributed by atoms with Crippen LogP contribution in [0.25, 0.3) is 0 Å². The highest BCUT2D eigenvalue weighted by Crippen LogP contribution is 2.16. The van der Waals surface area contributed by atoms with Gasteiger partial charge in [0.05, 0.1) is 6.21 Å². The Labute approximate surface area is 188 Å². The highest BCUT2D eigenvalue weighted by molar-refractivity contribution is 5.96. The van der Waals surface area contributed by atoms with Gasteiger partial charge in [0.2, 0.25) is 0 Å². The average molecular weight is 421 g/mol. The van der Waals surface area contributed by atoms with Crippen LogP contribution >= 0.6 is 0 Å². The van der Waals surface area contributed by atoms with Crippen LogP contribution in [0.1, 0.15) is 32.6 Å². The minimum Gasteiger partial charge on any atom is -0.489 e. The largest absolute Gasteiger partial charge is 0.489 e. The number of hydrazone groups is 1. The van der Waals surface area contributed by atoms with Crippen molar-refractivity contribution in [3.05, 3.63) is 137 Å². The lowest BCUT2D eigenvalue weighted by molar-refractivity contribution is 0.0954. The van der Waals surface area contributed by atoms with Crippen molar-refractivity contribution in [1.82, 2.24) is 5.43 Å². The summed E-state index contributed by atoms with van der Waals surface area (Å²) < 4.78 is 5.85. The van der Waals surface area contributed by atoms with E-state index in [1.54, 1.807) is 6.21 Å². The van der Waals surface area contributed by atoms with Gasteiger partial charge in [0, 0.05) is 5.56 Å². The lowest BCUT2D eigenvalue weighted by atomic mass is 9.99. The summed E-state index contributed by atoms with van der Waals surface area (Å²) in [4.78, 5) is 12.7. The van der Waals surface area contributed by atoms with Gasteiger partial charge in [-0.05, 0) is 46.9 Å². The standard InChI is InChI=1S/C28H24N2O2/c31-28(27-17-8-7-15-25(27)18-22-10-3-1-4-11-22)30-29-20-24-14-9-16-26(19-24)32-21-23-12-5-2-6-13-23/h1-17,19-20H,18,21H2,(H,30,31). The molecule has 4 nitrogen and oxygen atoms in total. The maximum atomic E-state index is 12.7. The summed E-state index contributed by atoms with van der Waals surface area (Å²) in [7, 11) is 0. The Bertz CT molecular complexity index is 1190. The zero-order valence-electron chi connectivity index (χ0n) is 17.6. The van der Waals surface area contributed by atoms with Gasteiger partial charge in [-0.1, -0.05) is 91.0 Å². The number of benzene rings is 4. The van der Waals surface area contributed by atoms with Crippen molar-refractivity contribution in [2.45, 2.75) is 13.0 Å². The van der Waals surface area contributed by atoms with Crippen molar-refractivity contribution < 1.29 is 9.53 Å². The Morgan fingerprint density at radius 2 is 1.47 bits per heavy atom. The van der Waals surface area contributed by atoms with Gasteiger partial charge in [-0.25, -0.2) is 5.43 Å². The topological polar surface area (TPSA) is 50.7 Å². The number of nitrogens with one attached hydrogen (secondary N) is 1. The number of ether oxygens (including phenoxy) is 1. The van der Waals surface area contributed by atoms with Crippen LogP contribution in [0.15, 0.2) is 114 Å². The van der Waals surface area contributed by atoms with Crippen LogP contribution in [-0.4, -0.2) is 12.1 Å². The molecule has 0 bridgehead atoms. The molecule has 0 spiro atoms. The second-order valence-corrected chi connectivity index (χ2v) is 7.37. The molecule has 1 amide bonds. The molecule has 0 heterocycles. The molecule has 0 aromatic heterocycles. The molecule has 158 valence electrons. The molecule has 32 heavy (non-hydrogen) atoms. The zero-order valence-corrected chi connectivity index (χ0v) is 17.6. The van der Waals surface area contributed by atoms with E-state index in [0.29, 0.717) is 18.6 Å². The molecule has 1 N–H and O–H groups in total. The summed E-state index contributed by atoms with van der Waals surface area (Å²) in [5.74, 6) is 0.515. The number of hydrogen-bond donors (Lipinski definition) is 1. The molecule has 0 aliphatic heterocycles. The number of nitrogens with zero attached hydrogens (tertiary/aromatic N) is 1. The first-order chi connectivity index (χ1) is 15.8. The van der Waals surface area contributed by atoms with Crippen LogP contribution in [0, 0.1) is 0 Å². The molecule has 4 rings (SSSR count). The van der Waals surface area contributed by atoms with E-state index in [0.717, 1.165) is 28.0 Å². The molecule has 0 aliphatic carbocycles. The third-order valence-electron chi connectivity index (χ3n) is 4.99. The monoisotopic (exact) mass is 420 g/mol. The van der Waals surface area contributed by atoms with Gasteiger partial charge in [-0.2, -0.15) is 5.10 Å². The fourth-order valence-electron chi connectivity index (χ4n) is 3.36. The SMILES string of the molecule is O=C(NN=Cc1cccc(OCc2ccccc2)c1)c1ccccc1Cc1ccccc1. The summed E-state index contributed by atoms with van der Waals surface area (Å²) in [6.45, 7) is 0.496. The minimum absolute atomic E-state index is 0.232. The molecule has 0 fully saturated rings. The Morgan fingerprint density at radius 1 is 0.781 bits per heavy atom. The third-order valence-corrected chi connectivity index (χ3v) is 4.99. The molecule has 4 aromatic carbocycles. The van der Waals surface area contributed by atoms with E-state index < -0.39 is 0 Å². The predicted octanol–water partition coefficient (Wildman–Crippen LogP) is 5.62. The summed E-state index contributed by atoms with van der Waals surface area (Å²) in [6.07, 6.45) is 2.31. The van der Waals surface area contributed by atoms with E-state index in [9.17, 15) is 4.79 Å². The van der Waals surface area contributed by atoms with Crippen molar-refractivity contribution in [2.75, 3.05) is 0 Å². The summed E-state index contributed by atoms with van der Waals surface area (Å²) >= 11 is 0. The van der Waals surface area contributed by atoms with E-state index >= 15 is 0 Å². The zero-order chi connectivity index (χ0) is 22.0. The lowest BCUT2D eigenvalue weighted by Gasteiger charge is -2.08. The van der Waals surface area contributed by atoms with Crippen LogP contribution in [0.5, 0.6) is 5.75 Å². The van der Waals surface area contributed by atoms with Gasteiger partial charge >= 0.3 is 0 Å². The highest BCUT2D eigenvalue weighted by atomic mass is 16.5. The van der Waals surface area contributed by atoms with Crippen LogP contribution < -0.4 is 10.2 Å². The van der Waals surface area contributed by atoms with Gasteiger partial charge in [-0.15, -0.1) is 0 Å². The first-order valence-corrected chi connectivity index (χ1v) is 10.5. The molecule has 0 saturated carbocycles. The Kier molecular flexibility index (Phi) is 7.06. The van der Waals surface area contributed by atoms with Crippen LogP contribution in [0.3, 0.4) is 0 Å². The quantitative estimate of drug-likeness (QED) is 0.297. The van der Waals surface area contributed by atoms with Crippen LogP contribution in [-0.2, 0) is 13.0 Å². The summed E-state index contributed by atoms with van der Waals surface area (Å²) in [5, 5.41) is 4.15. The molecule has 0 radical (unpaired) electrons. The number of carbonyl (C=O) groups is 1. The fraction of sp³-hybridized carbons (Fsp3) is 0.0714. The Balaban J connectivity index is 1.38. The summed E-state index contributed by atoms with van der Waals surface area (Å²) in [6, 6.07) is 35.3. The maximum absolute atomic E-state index is 12.7. The second-order valence-electron chi connectivity index (χ2n) is 7.37.